The highest BCUT2D eigenvalue weighted by Gasteiger charge is 2.51. The monoisotopic (exact) mass is 384 g/mol. The molecule has 1 heterocycles. The number of primary amides is 1. The molecule has 12 heteroatoms. The lowest BCUT2D eigenvalue weighted by atomic mass is 9.93. The third-order valence-corrected chi connectivity index (χ3v) is 4.69. The second-order valence-corrected chi connectivity index (χ2v) is 7.62. The summed E-state index contributed by atoms with van der Waals surface area (Å²) in [4.78, 5) is 35.1. The topological polar surface area (TPSA) is 168 Å². The smallest absolute Gasteiger partial charge is 0.425 e. The van der Waals surface area contributed by atoms with Gasteiger partial charge in [-0.25, -0.2) is 23.7 Å². The van der Waals surface area contributed by atoms with Crippen LogP contribution in [0.25, 0.3) is 0 Å². The van der Waals surface area contributed by atoms with E-state index in [1.54, 1.807) is 0 Å². The molecule has 0 spiro atoms. The minimum Gasteiger partial charge on any atom is -0.425 e. The molecule has 0 saturated carbocycles. The Hall–Kier alpha value is -2.99. The first kappa shape index (κ1) is 19.3. The van der Waals surface area contributed by atoms with Crippen molar-refractivity contribution in [2.45, 2.75) is 17.4 Å². The van der Waals surface area contributed by atoms with Gasteiger partial charge < -0.3 is 10.5 Å². The maximum absolute atomic E-state index is 12.5. The number of hydrazone groups is 1. The number of nitrogens with one attached hydrogen (secondary N) is 1. The van der Waals surface area contributed by atoms with Crippen LogP contribution in [-0.2, 0) is 24.2 Å². The van der Waals surface area contributed by atoms with Gasteiger partial charge in [0, 0.05) is 11.8 Å². The summed E-state index contributed by atoms with van der Waals surface area (Å²) in [6.07, 6.45) is -0.284. The predicted molar refractivity (Wildman–Crippen MR) is 86.8 cm³/mol. The van der Waals surface area contributed by atoms with Crippen molar-refractivity contribution in [3.05, 3.63) is 29.8 Å². The lowest BCUT2D eigenvalue weighted by Crippen LogP contribution is -2.50. The molecule has 0 saturated heterocycles. The van der Waals surface area contributed by atoms with Crippen molar-refractivity contribution in [2.24, 2.45) is 10.8 Å². The first-order valence-electron chi connectivity index (χ1n) is 7.12. The van der Waals surface area contributed by atoms with Crippen LogP contribution in [-0.4, -0.2) is 60.7 Å². The number of rotatable bonds is 5. The minimum absolute atomic E-state index is 0.0379. The molecule has 1 atom stereocenters. The summed E-state index contributed by atoms with van der Waals surface area (Å²) < 4.78 is 28.1. The van der Waals surface area contributed by atoms with Gasteiger partial charge in [-0.05, 0) is 19.1 Å². The molecule has 4 N–H and O–H groups in total. The van der Waals surface area contributed by atoms with E-state index in [2.05, 4.69) is 5.10 Å². The van der Waals surface area contributed by atoms with Gasteiger partial charge in [-0.3, -0.25) is 14.8 Å². The van der Waals surface area contributed by atoms with Crippen molar-refractivity contribution >= 4 is 33.5 Å². The van der Waals surface area contributed by atoms with Crippen LogP contribution in [0.3, 0.4) is 0 Å². The first-order valence-corrected chi connectivity index (χ1v) is 9.01. The standard InChI is InChI=1S/C14H16N4O7S/c1-14(25-13(21)17-22)11(16-18(12(14)20)7-10(15)19)8-3-5-9(6-4-8)26(2,23)24/h3-6,22H,7H2,1-2H3,(H2,15,19)(H,17,21). The molecule has 26 heavy (non-hydrogen) atoms. The van der Waals surface area contributed by atoms with Crippen molar-refractivity contribution in [1.82, 2.24) is 10.5 Å². The highest BCUT2D eigenvalue weighted by atomic mass is 32.2. The normalized spacial score (nSPS) is 19.9. The van der Waals surface area contributed by atoms with Gasteiger partial charge in [-0.2, -0.15) is 5.10 Å². The van der Waals surface area contributed by atoms with Gasteiger partial charge in [0.2, 0.25) is 11.5 Å². The zero-order valence-corrected chi connectivity index (χ0v) is 14.6. The quantitative estimate of drug-likeness (QED) is 0.432. The van der Waals surface area contributed by atoms with E-state index in [1.807, 2.05) is 0 Å². The van der Waals surface area contributed by atoms with Crippen LogP contribution in [0.1, 0.15) is 12.5 Å². The van der Waals surface area contributed by atoms with Gasteiger partial charge in [0.05, 0.1) is 4.90 Å². The molecule has 0 aliphatic carbocycles. The fraction of sp³-hybridized carbons (Fsp3) is 0.286. The Labute approximate surface area is 148 Å². The lowest BCUT2D eigenvalue weighted by molar-refractivity contribution is -0.143. The van der Waals surface area contributed by atoms with Crippen LogP contribution in [0.4, 0.5) is 4.79 Å². The molecule has 1 aliphatic rings. The SMILES string of the molecule is CC1(OC(=O)NO)C(=O)N(CC(N)=O)N=C1c1ccc(S(C)(=O)=O)cc1. The molecule has 140 valence electrons. The van der Waals surface area contributed by atoms with Gasteiger partial charge in [0.25, 0.3) is 5.91 Å². The molecule has 0 radical (unpaired) electrons. The average molecular weight is 384 g/mol. The molecule has 2 rings (SSSR count). The Morgan fingerprint density at radius 2 is 1.92 bits per heavy atom. The largest absolute Gasteiger partial charge is 0.432 e. The molecule has 0 fully saturated rings. The first-order chi connectivity index (χ1) is 12.0. The van der Waals surface area contributed by atoms with E-state index >= 15 is 0 Å². The number of carbonyl (C=O) groups excluding carboxylic acids is 3. The third-order valence-electron chi connectivity index (χ3n) is 3.56. The van der Waals surface area contributed by atoms with E-state index in [9.17, 15) is 22.8 Å². The maximum atomic E-state index is 12.5. The average Bonchev–Trinajstić information content (AvgIpc) is 2.78. The van der Waals surface area contributed by atoms with Crippen molar-refractivity contribution in [3.8, 4) is 0 Å². The molecule has 3 amide bonds. The summed E-state index contributed by atoms with van der Waals surface area (Å²) >= 11 is 0. The summed E-state index contributed by atoms with van der Waals surface area (Å²) in [6.45, 7) is 0.665. The van der Waals surface area contributed by atoms with E-state index in [0.29, 0.717) is 0 Å². The maximum Gasteiger partial charge on any atom is 0.432 e. The van der Waals surface area contributed by atoms with Crippen molar-refractivity contribution in [1.29, 1.82) is 0 Å². The second kappa shape index (κ2) is 6.72. The predicted octanol–water partition coefficient (Wildman–Crippen LogP) is -1.00. The minimum atomic E-state index is -3.44. The van der Waals surface area contributed by atoms with E-state index in [0.717, 1.165) is 11.3 Å². The van der Waals surface area contributed by atoms with Crippen molar-refractivity contribution < 1.29 is 32.7 Å². The van der Waals surface area contributed by atoms with E-state index in [-0.39, 0.29) is 16.2 Å². The molecule has 0 aromatic heterocycles. The van der Waals surface area contributed by atoms with Gasteiger partial charge >= 0.3 is 6.09 Å². The second-order valence-electron chi connectivity index (χ2n) is 5.61. The van der Waals surface area contributed by atoms with Crippen LogP contribution < -0.4 is 11.2 Å². The summed E-state index contributed by atoms with van der Waals surface area (Å²) in [5.41, 5.74) is 4.55. The Balaban J connectivity index is 2.50. The fourth-order valence-electron chi connectivity index (χ4n) is 2.36. The molecule has 1 aliphatic heterocycles. The Bertz CT molecular complexity index is 894. The highest BCUT2D eigenvalue weighted by Crippen LogP contribution is 2.29. The Morgan fingerprint density at radius 3 is 2.38 bits per heavy atom. The number of sulfone groups is 1. The van der Waals surface area contributed by atoms with Gasteiger partial charge in [0.15, 0.2) is 9.84 Å². The van der Waals surface area contributed by atoms with Crippen LogP contribution in [0, 0.1) is 0 Å². The van der Waals surface area contributed by atoms with Crippen molar-refractivity contribution in [2.75, 3.05) is 12.8 Å². The molecular weight excluding hydrogens is 368 g/mol. The molecule has 1 aromatic carbocycles. The summed E-state index contributed by atoms with van der Waals surface area (Å²) in [7, 11) is -3.44. The lowest BCUT2D eigenvalue weighted by Gasteiger charge is -2.24. The number of carbonyl (C=O) groups is 3. The van der Waals surface area contributed by atoms with Gasteiger partial charge in [0.1, 0.15) is 12.3 Å². The van der Waals surface area contributed by atoms with Crippen LogP contribution >= 0.6 is 0 Å². The molecule has 11 nitrogen and oxygen atoms in total. The van der Waals surface area contributed by atoms with E-state index in [4.69, 9.17) is 15.7 Å². The molecule has 1 unspecified atom stereocenters. The fourth-order valence-corrected chi connectivity index (χ4v) is 2.99. The number of hydrogen-bond donors (Lipinski definition) is 3. The molecular formula is C14H16N4O7S. The van der Waals surface area contributed by atoms with Crippen LogP contribution in [0.15, 0.2) is 34.3 Å². The summed E-state index contributed by atoms with van der Waals surface area (Å²) in [6, 6.07) is 5.32. The zero-order chi connectivity index (χ0) is 19.7. The Kier molecular flexibility index (Phi) is 5.00. The third kappa shape index (κ3) is 3.65. The van der Waals surface area contributed by atoms with Crippen molar-refractivity contribution in [3.63, 3.8) is 0 Å². The van der Waals surface area contributed by atoms with Crippen LogP contribution in [0.2, 0.25) is 0 Å². The number of nitrogens with zero attached hydrogens (tertiary/aromatic N) is 2. The number of nitrogens with two attached hydrogens (primary N) is 1. The number of amides is 3. The van der Waals surface area contributed by atoms with E-state index in [1.165, 1.54) is 36.7 Å². The summed E-state index contributed by atoms with van der Waals surface area (Å²) in [5.74, 6) is -1.70. The molecule has 1 aromatic rings. The highest BCUT2D eigenvalue weighted by molar-refractivity contribution is 7.90. The van der Waals surface area contributed by atoms with Crippen LogP contribution in [0.5, 0.6) is 0 Å². The van der Waals surface area contributed by atoms with E-state index < -0.39 is 39.9 Å². The van der Waals surface area contributed by atoms with Gasteiger partial charge in [-0.15, -0.1) is 0 Å². The summed E-state index contributed by atoms with van der Waals surface area (Å²) in [5, 5.41) is 13.4. The zero-order valence-electron chi connectivity index (χ0n) is 13.8. The Morgan fingerprint density at radius 1 is 1.35 bits per heavy atom. The number of hydrogen-bond acceptors (Lipinski definition) is 8. The number of ether oxygens (including phenoxy) is 1. The number of benzene rings is 1. The number of hydroxylamine groups is 1. The van der Waals surface area contributed by atoms with Gasteiger partial charge in [-0.1, -0.05) is 12.1 Å². The molecule has 0 bridgehead atoms.